The van der Waals surface area contributed by atoms with Gasteiger partial charge in [0.15, 0.2) is 0 Å². The molecule has 1 aliphatic rings. The molecule has 1 atom stereocenters. The predicted octanol–water partition coefficient (Wildman–Crippen LogP) is 0.529. The molecular weight excluding hydrogens is 192 g/mol. The van der Waals surface area contributed by atoms with Gasteiger partial charge < -0.3 is 15.4 Å². The summed E-state index contributed by atoms with van der Waals surface area (Å²) in [5.74, 6) is -0.0227. The third-order valence-electron chi connectivity index (χ3n) is 2.61. The molecule has 86 valence electrons. The van der Waals surface area contributed by atoms with Gasteiger partial charge >= 0.3 is 0 Å². The number of hydrogen-bond donors (Lipinski definition) is 1. The maximum absolute atomic E-state index is 12.1. The lowest BCUT2D eigenvalue weighted by Gasteiger charge is -2.29. The van der Waals surface area contributed by atoms with Crippen LogP contribution in [0.5, 0.6) is 0 Å². The van der Waals surface area contributed by atoms with Gasteiger partial charge in [-0.15, -0.1) is 0 Å². The first-order valence-electron chi connectivity index (χ1n) is 5.30. The van der Waals surface area contributed by atoms with Crippen LogP contribution in [0.4, 0.5) is 0 Å². The van der Waals surface area contributed by atoms with E-state index in [-0.39, 0.29) is 5.91 Å². The lowest BCUT2D eigenvalue weighted by molar-refractivity contribution is -0.136. The van der Waals surface area contributed by atoms with Crippen LogP contribution in [0.15, 0.2) is 12.2 Å². The van der Waals surface area contributed by atoms with Gasteiger partial charge in [-0.3, -0.25) is 4.79 Å². The Morgan fingerprint density at radius 2 is 2.33 bits per heavy atom. The van der Waals surface area contributed by atoms with Crippen molar-refractivity contribution in [1.82, 2.24) is 4.90 Å². The van der Waals surface area contributed by atoms with Crippen molar-refractivity contribution in [2.45, 2.75) is 25.8 Å². The highest BCUT2D eigenvalue weighted by molar-refractivity contribution is 5.86. The van der Waals surface area contributed by atoms with Crippen molar-refractivity contribution in [1.29, 1.82) is 0 Å². The molecule has 0 aliphatic carbocycles. The van der Waals surface area contributed by atoms with Crippen molar-refractivity contribution >= 4 is 5.91 Å². The quantitative estimate of drug-likeness (QED) is 0.692. The van der Waals surface area contributed by atoms with Gasteiger partial charge in [0.1, 0.15) is 5.54 Å². The lowest BCUT2D eigenvalue weighted by atomic mass is 9.98. The largest absolute Gasteiger partial charge is 0.379 e. The van der Waals surface area contributed by atoms with Crippen molar-refractivity contribution in [3.05, 3.63) is 12.2 Å². The first-order chi connectivity index (χ1) is 6.99. The standard InChI is InChI=1S/C11H20N2O2/c1-4-13(7-9(2)3)10(14)11(12)5-6-15-8-11/h2,4-8,12H2,1,3H3. The molecule has 0 aromatic rings. The third kappa shape index (κ3) is 2.79. The maximum Gasteiger partial charge on any atom is 0.245 e. The Bertz CT molecular complexity index is 257. The van der Waals surface area contributed by atoms with Crippen LogP contribution in [0.3, 0.4) is 0 Å². The van der Waals surface area contributed by atoms with Crippen molar-refractivity contribution in [3.63, 3.8) is 0 Å². The third-order valence-corrected chi connectivity index (χ3v) is 2.61. The van der Waals surface area contributed by atoms with E-state index < -0.39 is 5.54 Å². The second kappa shape index (κ2) is 4.77. The number of rotatable bonds is 4. The second-order valence-electron chi connectivity index (χ2n) is 4.24. The minimum absolute atomic E-state index is 0.0227. The van der Waals surface area contributed by atoms with Gasteiger partial charge in [-0.05, 0) is 20.3 Å². The highest BCUT2D eigenvalue weighted by atomic mass is 16.5. The van der Waals surface area contributed by atoms with Gasteiger partial charge in [0.05, 0.1) is 6.61 Å². The summed E-state index contributed by atoms with van der Waals surface area (Å²) in [6, 6.07) is 0. The van der Waals surface area contributed by atoms with Crippen LogP contribution in [-0.2, 0) is 9.53 Å². The molecule has 4 heteroatoms. The minimum atomic E-state index is -0.814. The van der Waals surface area contributed by atoms with Crippen molar-refractivity contribution in [2.24, 2.45) is 5.73 Å². The molecule has 0 aromatic heterocycles. The molecule has 4 nitrogen and oxygen atoms in total. The number of likely N-dealkylation sites (N-methyl/N-ethyl adjacent to an activating group) is 1. The second-order valence-corrected chi connectivity index (χ2v) is 4.24. The summed E-state index contributed by atoms with van der Waals surface area (Å²) in [7, 11) is 0. The number of nitrogens with zero attached hydrogens (tertiary/aromatic N) is 1. The minimum Gasteiger partial charge on any atom is -0.379 e. The molecule has 15 heavy (non-hydrogen) atoms. The number of carbonyl (C=O) groups excluding carboxylic acids is 1. The molecular formula is C11H20N2O2. The van der Waals surface area contributed by atoms with E-state index in [9.17, 15) is 4.79 Å². The molecule has 0 radical (unpaired) electrons. The van der Waals surface area contributed by atoms with Gasteiger partial charge in [0, 0.05) is 19.7 Å². The van der Waals surface area contributed by atoms with Crippen LogP contribution < -0.4 is 5.73 Å². The van der Waals surface area contributed by atoms with Gasteiger partial charge in [-0.25, -0.2) is 0 Å². The molecule has 0 bridgehead atoms. The topological polar surface area (TPSA) is 55.6 Å². The SMILES string of the molecule is C=C(C)CN(CC)C(=O)C1(N)CCOC1. The fourth-order valence-corrected chi connectivity index (χ4v) is 1.72. The van der Waals surface area contributed by atoms with E-state index in [1.165, 1.54) is 0 Å². The van der Waals surface area contributed by atoms with Crippen molar-refractivity contribution < 1.29 is 9.53 Å². The molecule has 1 aliphatic heterocycles. The van der Waals surface area contributed by atoms with Crippen LogP contribution in [0, 0.1) is 0 Å². The van der Waals surface area contributed by atoms with Crippen LogP contribution >= 0.6 is 0 Å². The molecule has 0 saturated carbocycles. The van der Waals surface area contributed by atoms with E-state index in [1.54, 1.807) is 4.90 Å². The summed E-state index contributed by atoms with van der Waals surface area (Å²) in [6.45, 7) is 9.80. The zero-order valence-corrected chi connectivity index (χ0v) is 9.58. The van der Waals surface area contributed by atoms with Crippen molar-refractivity contribution in [3.8, 4) is 0 Å². The van der Waals surface area contributed by atoms with Crippen LogP contribution in [0.25, 0.3) is 0 Å². The van der Waals surface area contributed by atoms with Gasteiger partial charge in [0.25, 0.3) is 0 Å². The highest BCUT2D eigenvalue weighted by Gasteiger charge is 2.40. The zero-order valence-electron chi connectivity index (χ0n) is 9.58. The summed E-state index contributed by atoms with van der Waals surface area (Å²) in [6.07, 6.45) is 0.610. The lowest BCUT2D eigenvalue weighted by Crippen LogP contribution is -2.56. The average molecular weight is 212 g/mol. The molecule has 1 saturated heterocycles. The molecule has 0 spiro atoms. The van der Waals surface area contributed by atoms with E-state index in [0.29, 0.717) is 32.7 Å². The first kappa shape index (κ1) is 12.2. The fourth-order valence-electron chi connectivity index (χ4n) is 1.72. The van der Waals surface area contributed by atoms with Crippen LogP contribution in [0.2, 0.25) is 0 Å². The first-order valence-corrected chi connectivity index (χ1v) is 5.30. The normalized spacial score (nSPS) is 25.3. The molecule has 1 heterocycles. The summed E-state index contributed by atoms with van der Waals surface area (Å²) in [5, 5.41) is 0. The fraction of sp³-hybridized carbons (Fsp3) is 0.727. The molecule has 1 unspecified atom stereocenters. The van der Waals surface area contributed by atoms with E-state index in [2.05, 4.69) is 6.58 Å². The van der Waals surface area contributed by atoms with E-state index in [4.69, 9.17) is 10.5 Å². The Morgan fingerprint density at radius 3 is 2.73 bits per heavy atom. The Balaban J connectivity index is 2.67. The monoisotopic (exact) mass is 212 g/mol. The highest BCUT2D eigenvalue weighted by Crippen LogP contribution is 2.18. The van der Waals surface area contributed by atoms with Crippen LogP contribution in [-0.4, -0.2) is 42.6 Å². The molecule has 2 N–H and O–H groups in total. The molecule has 1 fully saturated rings. The zero-order chi connectivity index (χ0) is 11.5. The molecule has 0 aromatic carbocycles. The number of amides is 1. The van der Waals surface area contributed by atoms with Crippen LogP contribution in [0.1, 0.15) is 20.3 Å². The summed E-state index contributed by atoms with van der Waals surface area (Å²) in [4.78, 5) is 13.8. The maximum atomic E-state index is 12.1. The Labute approximate surface area is 91.1 Å². The Hall–Kier alpha value is -0.870. The summed E-state index contributed by atoms with van der Waals surface area (Å²) >= 11 is 0. The van der Waals surface area contributed by atoms with E-state index in [0.717, 1.165) is 5.57 Å². The number of hydrogen-bond acceptors (Lipinski definition) is 3. The summed E-state index contributed by atoms with van der Waals surface area (Å²) in [5.41, 5.74) is 6.16. The summed E-state index contributed by atoms with van der Waals surface area (Å²) < 4.78 is 5.19. The Morgan fingerprint density at radius 1 is 1.67 bits per heavy atom. The number of carbonyl (C=O) groups is 1. The molecule has 1 rings (SSSR count). The van der Waals surface area contributed by atoms with Crippen molar-refractivity contribution in [2.75, 3.05) is 26.3 Å². The van der Waals surface area contributed by atoms with Gasteiger partial charge in [-0.1, -0.05) is 12.2 Å². The van der Waals surface area contributed by atoms with Gasteiger partial charge in [0.2, 0.25) is 5.91 Å². The smallest absolute Gasteiger partial charge is 0.245 e. The number of ether oxygens (including phenoxy) is 1. The number of nitrogens with two attached hydrogens (primary N) is 1. The van der Waals surface area contributed by atoms with Gasteiger partial charge in [-0.2, -0.15) is 0 Å². The molecule has 1 amide bonds. The average Bonchev–Trinajstić information content (AvgIpc) is 2.61. The van der Waals surface area contributed by atoms with E-state index in [1.807, 2.05) is 13.8 Å². The van der Waals surface area contributed by atoms with E-state index >= 15 is 0 Å². The Kier molecular flexibility index (Phi) is 3.88. The predicted molar refractivity (Wildman–Crippen MR) is 59.4 cm³/mol.